The van der Waals surface area contributed by atoms with Crippen LogP contribution in [0.5, 0.6) is 5.75 Å². The molecule has 1 aromatic heterocycles. The number of nitrogens with zero attached hydrogens (tertiary/aromatic N) is 2. The van der Waals surface area contributed by atoms with Crippen molar-refractivity contribution < 1.29 is 14.5 Å². The average Bonchev–Trinajstić information content (AvgIpc) is 2.86. The molecule has 3 N–H and O–H groups in total. The Morgan fingerprint density at radius 2 is 1.96 bits per heavy atom. The Kier molecular flexibility index (Phi) is 3.13. The van der Waals surface area contributed by atoms with Gasteiger partial charge in [0, 0.05) is 23.3 Å². The second kappa shape index (κ2) is 5.09. The number of anilines is 2. The fourth-order valence-electron chi connectivity index (χ4n) is 3.46. The molecule has 0 radical (unpaired) electrons. The number of benzene rings is 1. The number of ketones is 1. The van der Waals surface area contributed by atoms with Gasteiger partial charge < -0.3 is 15.7 Å². The summed E-state index contributed by atoms with van der Waals surface area (Å²) in [6.45, 7) is 4.12. The second-order valence-corrected chi connectivity index (χ2v) is 7.06. The van der Waals surface area contributed by atoms with Crippen LogP contribution in [0, 0.1) is 5.41 Å². The van der Waals surface area contributed by atoms with Crippen LogP contribution in [-0.4, -0.2) is 21.2 Å². The van der Waals surface area contributed by atoms with E-state index in [-0.39, 0.29) is 16.9 Å². The summed E-state index contributed by atoms with van der Waals surface area (Å²) in [4.78, 5) is 12.9. The Hall–Kier alpha value is -2.83. The van der Waals surface area contributed by atoms with Crippen molar-refractivity contribution in [1.29, 1.82) is 0 Å². The van der Waals surface area contributed by atoms with Crippen LogP contribution in [-0.2, 0) is 4.79 Å². The van der Waals surface area contributed by atoms with Crippen LogP contribution in [0.25, 0.3) is 0 Å². The van der Waals surface area contributed by atoms with Gasteiger partial charge in [0.1, 0.15) is 5.75 Å². The van der Waals surface area contributed by atoms with Gasteiger partial charge >= 0.3 is 0 Å². The van der Waals surface area contributed by atoms with E-state index in [9.17, 15) is 9.90 Å². The lowest BCUT2D eigenvalue weighted by Gasteiger charge is -2.34. The molecule has 24 heavy (non-hydrogen) atoms. The normalized spacial score (nSPS) is 22.1. The molecule has 124 valence electrons. The molecule has 0 saturated heterocycles. The molecule has 2 heterocycles. The Morgan fingerprint density at radius 1 is 1.21 bits per heavy atom. The molecule has 1 aromatic carbocycles. The van der Waals surface area contributed by atoms with Crippen molar-refractivity contribution in [2.24, 2.45) is 5.41 Å². The van der Waals surface area contributed by atoms with Gasteiger partial charge in [-0.1, -0.05) is 32.0 Å². The third-order valence-electron chi connectivity index (χ3n) is 4.50. The molecule has 1 unspecified atom stereocenters. The number of fused-ring (bicyclic) bond motifs is 1. The fraction of sp³-hybridized carbons (Fsp3) is 0.353. The Balaban J connectivity index is 1.90. The van der Waals surface area contributed by atoms with E-state index in [0.717, 1.165) is 5.70 Å². The maximum absolute atomic E-state index is 12.9. The van der Waals surface area contributed by atoms with Crippen LogP contribution in [0.3, 0.4) is 0 Å². The number of aromatic nitrogens is 2. The van der Waals surface area contributed by atoms with Gasteiger partial charge in [0.05, 0.1) is 6.04 Å². The molecule has 2 aromatic rings. The minimum Gasteiger partial charge on any atom is -0.508 e. The first-order valence-electron chi connectivity index (χ1n) is 7.85. The highest BCUT2D eigenvalue weighted by molar-refractivity contribution is 6.00. The number of phenolic OH excluding ortho intramolecular Hbond substituents is 1. The second-order valence-electron chi connectivity index (χ2n) is 7.06. The van der Waals surface area contributed by atoms with Crippen LogP contribution in [0.4, 0.5) is 11.6 Å². The first-order valence-corrected chi connectivity index (χ1v) is 7.85. The Labute approximate surface area is 138 Å². The molecule has 7 nitrogen and oxygen atoms in total. The first-order chi connectivity index (χ1) is 11.4. The van der Waals surface area contributed by atoms with Crippen LogP contribution < -0.4 is 10.6 Å². The summed E-state index contributed by atoms with van der Waals surface area (Å²) in [7, 11) is 0. The molecule has 0 amide bonds. The van der Waals surface area contributed by atoms with Crippen LogP contribution in [0.2, 0.25) is 0 Å². The minimum atomic E-state index is -0.509. The fourth-order valence-corrected chi connectivity index (χ4v) is 3.46. The van der Waals surface area contributed by atoms with Crippen LogP contribution >= 0.6 is 0 Å². The van der Waals surface area contributed by atoms with E-state index >= 15 is 0 Å². The lowest BCUT2D eigenvalue weighted by molar-refractivity contribution is -0.118. The van der Waals surface area contributed by atoms with Crippen molar-refractivity contribution in [2.45, 2.75) is 32.7 Å². The van der Waals surface area contributed by atoms with Crippen LogP contribution in [0.1, 0.15) is 38.3 Å². The van der Waals surface area contributed by atoms with Crippen molar-refractivity contribution in [3.05, 3.63) is 41.1 Å². The van der Waals surface area contributed by atoms with Crippen molar-refractivity contribution in [1.82, 2.24) is 10.3 Å². The molecule has 1 aliphatic heterocycles. The summed E-state index contributed by atoms with van der Waals surface area (Å²) >= 11 is 0. The van der Waals surface area contributed by atoms with Crippen molar-refractivity contribution in [2.75, 3.05) is 10.6 Å². The van der Waals surface area contributed by atoms with Gasteiger partial charge in [0.15, 0.2) is 5.78 Å². The van der Waals surface area contributed by atoms with Crippen molar-refractivity contribution >= 4 is 17.4 Å². The number of hydrogen-bond donors (Lipinski definition) is 3. The van der Waals surface area contributed by atoms with Gasteiger partial charge in [0.2, 0.25) is 11.6 Å². The van der Waals surface area contributed by atoms with Gasteiger partial charge in [-0.3, -0.25) is 4.79 Å². The monoisotopic (exact) mass is 326 g/mol. The SMILES string of the molecule is CC1(C)CC(=O)C2=C(C1)Nc1nonc1NC2c1ccccc1O. The highest BCUT2D eigenvalue weighted by Crippen LogP contribution is 2.45. The lowest BCUT2D eigenvalue weighted by atomic mass is 9.73. The number of aromatic hydroxyl groups is 1. The summed E-state index contributed by atoms with van der Waals surface area (Å²) in [5.74, 6) is 1.05. The zero-order valence-electron chi connectivity index (χ0n) is 13.5. The zero-order chi connectivity index (χ0) is 16.9. The summed E-state index contributed by atoms with van der Waals surface area (Å²) in [5, 5.41) is 24.4. The molecule has 1 aliphatic carbocycles. The predicted octanol–water partition coefficient (Wildman–Crippen LogP) is 3.00. The number of carbonyl (C=O) groups excluding carboxylic acids is 1. The van der Waals surface area contributed by atoms with Crippen molar-refractivity contribution in [3.8, 4) is 5.75 Å². The van der Waals surface area contributed by atoms with E-state index in [1.165, 1.54) is 0 Å². The van der Waals surface area contributed by atoms with E-state index in [2.05, 4.69) is 34.8 Å². The lowest BCUT2D eigenvalue weighted by Crippen LogP contribution is -2.31. The smallest absolute Gasteiger partial charge is 0.219 e. The maximum Gasteiger partial charge on any atom is 0.219 e. The standard InChI is InChI=1S/C17H18N4O3/c1-17(2)7-10-13(12(23)8-17)14(9-5-3-4-6-11(9)22)19-16-15(18-10)20-24-21-16/h3-6,14,22H,7-8H2,1-2H3,(H,18,20)(H,19,21). The van der Waals surface area contributed by atoms with Gasteiger partial charge in [-0.15, -0.1) is 0 Å². The third kappa shape index (κ3) is 2.33. The largest absolute Gasteiger partial charge is 0.508 e. The highest BCUT2D eigenvalue weighted by atomic mass is 16.6. The summed E-state index contributed by atoms with van der Waals surface area (Å²) in [6.07, 6.45) is 1.15. The molecule has 0 saturated carbocycles. The number of hydrogen-bond acceptors (Lipinski definition) is 7. The molecule has 0 spiro atoms. The number of Topliss-reactive ketones (excluding diaryl/α,β-unsaturated/α-hetero) is 1. The Bertz CT molecular complexity index is 853. The van der Waals surface area contributed by atoms with E-state index in [0.29, 0.717) is 35.6 Å². The topological polar surface area (TPSA) is 100 Å². The molecule has 0 bridgehead atoms. The molecule has 0 fully saturated rings. The minimum absolute atomic E-state index is 0.0524. The van der Waals surface area contributed by atoms with Gasteiger partial charge in [-0.05, 0) is 28.2 Å². The van der Waals surface area contributed by atoms with Crippen LogP contribution in [0.15, 0.2) is 40.2 Å². The number of allylic oxidation sites excluding steroid dienone is 1. The van der Waals surface area contributed by atoms with E-state index in [4.69, 9.17) is 4.63 Å². The van der Waals surface area contributed by atoms with E-state index in [1.54, 1.807) is 18.2 Å². The molecule has 1 atom stereocenters. The molecular weight excluding hydrogens is 308 g/mol. The number of nitrogens with one attached hydrogen (secondary N) is 2. The van der Waals surface area contributed by atoms with Gasteiger partial charge in [-0.2, -0.15) is 0 Å². The summed E-state index contributed by atoms with van der Waals surface area (Å²) < 4.78 is 4.80. The van der Waals surface area contributed by atoms with E-state index in [1.807, 2.05) is 6.07 Å². The number of rotatable bonds is 1. The predicted molar refractivity (Wildman–Crippen MR) is 87.4 cm³/mol. The molecule has 7 heteroatoms. The zero-order valence-corrected chi connectivity index (χ0v) is 13.5. The average molecular weight is 326 g/mol. The van der Waals surface area contributed by atoms with Gasteiger partial charge in [0.25, 0.3) is 0 Å². The maximum atomic E-state index is 12.9. The van der Waals surface area contributed by atoms with E-state index < -0.39 is 6.04 Å². The van der Waals surface area contributed by atoms with Crippen molar-refractivity contribution in [3.63, 3.8) is 0 Å². The Morgan fingerprint density at radius 3 is 2.75 bits per heavy atom. The third-order valence-corrected chi connectivity index (χ3v) is 4.50. The molecular formula is C17H18N4O3. The first kappa shape index (κ1) is 14.7. The van der Waals surface area contributed by atoms with Gasteiger partial charge in [-0.25, -0.2) is 4.63 Å². The molecule has 4 rings (SSSR count). The summed E-state index contributed by atoms with van der Waals surface area (Å²) in [5.41, 5.74) is 1.89. The number of carbonyl (C=O) groups is 1. The summed E-state index contributed by atoms with van der Waals surface area (Å²) in [6, 6.07) is 6.47. The molecule has 2 aliphatic rings. The highest BCUT2D eigenvalue weighted by Gasteiger charge is 2.40. The number of para-hydroxylation sites is 1. The number of phenols is 1. The quantitative estimate of drug-likeness (QED) is 0.740.